The van der Waals surface area contributed by atoms with Crippen LogP contribution in [0.15, 0.2) is 23.0 Å². The third-order valence-electron chi connectivity index (χ3n) is 8.98. The van der Waals surface area contributed by atoms with E-state index in [-0.39, 0.29) is 54.8 Å². The maximum atomic E-state index is 13.9. The molecule has 188 valence electrons. The van der Waals surface area contributed by atoms with Gasteiger partial charge >= 0.3 is 11.8 Å². The smallest absolute Gasteiger partial charge is 0.410 e. The van der Waals surface area contributed by atoms with Crippen molar-refractivity contribution in [2.24, 2.45) is 28.9 Å². The second-order valence-electron chi connectivity index (χ2n) is 11.0. The Hall–Kier alpha value is -2.88. The summed E-state index contributed by atoms with van der Waals surface area (Å²) in [5.41, 5.74) is 6.04. The topological polar surface area (TPSA) is 120 Å². The van der Waals surface area contributed by atoms with Gasteiger partial charge in [-0.25, -0.2) is 14.0 Å². The predicted molar refractivity (Wildman–Crippen MR) is 124 cm³/mol. The molecule has 4 aliphatic carbocycles. The van der Waals surface area contributed by atoms with Crippen LogP contribution in [0, 0.1) is 29.0 Å². The van der Waals surface area contributed by atoms with Gasteiger partial charge in [-0.15, -0.1) is 0 Å². The molecule has 5 aliphatic rings. The van der Waals surface area contributed by atoms with Crippen molar-refractivity contribution in [3.05, 3.63) is 34.5 Å². The summed E-state index contributed by atoms with van der Waals surface area (Å²) >= 11 is 0. The van der Waals surface area contributed by atoms with Gasteiger partial charge in [0, 0.05) is 13.1 Å². The number of nitrogens with two attached hydrogens (primary N) is 1. The van der Waals surface area contributed by atoms with E-state index < -0.39 is 11.2 Å². The zero-order chi connectivity index (χ0) is 24.5. The first-order valence-electron chi connectivity index (χ1n) is 12.6. The van der Waals surface area contributed by atoms with Crippen LogP contribution in [0.25, 0.3) is 11.0 Å². The van der Waals surface area contributed by atoms with E-state index in [2.05, 4.69) is 0 Å². The molecule has 2 amide bonds. The van der Waals surface area contributed by atoms with Crippen LogP contribution >= 0.6 is 0 Å². The number of likely N-dealkylation sites (tertiary alicyclic amines) is 1. The van der Waals surface area contributed by atoms with Crippen molar-refractivity contribution in [2.75, 3.05) is 19.7 Å². The highest BCUT2D eigenvalue weighted by atomic mass is 19.1. The van der Waals surface area contributed by atoms with Crippen LogP contribution in [0.4, 0.5) is 9.18 Å². The number of imidazole rings is 1. The van der Waals surface area contributed by atoms with Crippen molar-refractivity contribution >= 4 is 23.0 Å². The minimum Gasteiger partial charge on any atom is -0.446 e. The Balaban J connectivity index is 1.19. The highest BCUT2D eigenvalue weighted by molar-refractivity contribution is 5.81. The Kier molecular flexibility index (Phi) is 5.21. The monoisotopic (exact) mass is 486 g/mol. The lowest BCUT2D eigenvalue weighted by atomic mass is 9.48. The second-order valence-corrected chi connectivity index (χ2v) is 11.0. The van der Waals surface area contributed by atoms with Gasteiger partial charge in [-0.2, -0.15) is 0 Å². The van der Waals surface area contributed by atoms with Crippen LogP contribution in [0.5, 0.6) is 0 Å². The molecule has 1 aromatic carbocycles. The minimum absolute atomic E-state index is 0.0719. The molecule has 1 aromatic heterocycles. The fraction of sp³-hybridized carbons (Fsp3) is 0.640. The van der Waals surface area contributed by atoms with Gasteiger partial charge in [-0.3, -0.25) is 13.9 Å². The maximum absolute atomic E-state index is 13.9. The van der Waals surface area contributed by atoms with Crippen LogP contribution in [0.2, 0.25) is 0 Å². The van der Waals surface area contributed by atoms with Crippen molar-refractivity contribution in [3.8, 4) is 0 Å². The summed E-state index contributed by atoms with van der Waals surface area (Å²) in [5, 5.41) is 9.39. The first kappa shape index (κ1) is 22.6. The molecule has 2 aromatic rings. The van der Waals surface area contributed by atoms with E-state index in [4.69, 9.17) is 10.5 Å². The van der Waals surface area contributed by atoms with Crippen molar-refractivity contribution < 1.29 is 23.8 Å². The molecule has 3 atom stereocenters. The molecule has 0 radical (unpaired) electrons. The van der Waals surface area contributed by atoms with Gasteiger partial charge < -0.3 is 20.5 Å². The highest BCUT2D eigenvalue weighted by Crippen LogP contribution is 2.60. The second kappa shape index (κ2) is 8.08. The molecule has 2 heterocycles. The van der Waals surface area contributed by atoms with Gasteiger partial charge in [0.25, 0.3) is 0 Å². The Morgan fingerprint density at radius 1 is 1.17 bits per heavy atom. The molecule has 4 bridgehead atoms. The molecule has 2 unspecified atom stereocenters. The van der Waals surface area contributed by atoms with Gasteiger partial charge in [0.05, 0.1) is 35.6 Å². The van der Waals surface area contributed by atoms with Crippen molar-refractivity contribution in [1.29, 1.82) is 0 Å². The van der Waals surface area contributed by atoms with Crippen LogP contribution in [-0.4, -0.2) is 56.9 Å². The van der Waals surface area contributed by atoms with E-state index in [9.17, 15) is 23.9 Å². The molecular formula is C25H31FN4O5. The summed E-state index contributed by atoms with van der Waals surface area (Å²) < 4.78 is 22.9. The number of fused-ring (bicyclic) bond motifs is 1. The van der Waals surface area contributed by atoms with Gasteiger partial charge in [-0.1, -0.05) is 0 Å². The third kappa shape index (κ3) is 3.48. The number of rotatable bonds is 5. The zero-order valence-corrected chi connectivity index (χ0v) is 19.6. The average molecular weight is 487 g/mol. The number of amides is 2. The lowest BCUT2D eigenvalue weighted by Crippen LogP contribution is -2.59. The normalized spacial score (nSPS) is 33.5. The number of aliphatic hydroxyl groups is 1. The van der Waals surface area contributed by atoms with E-state index >= 15 is 0 Å². The molecule has 9 nitrogen and oxygen atoms in total. The number of carbonyl (C=O) groups excluding carboxylic acids is 2. The first-order chi connectivity index (χ1) is 16.8. The third-order valence-corrected chi connectivity index (χ3v) is 8.98. The summed E-state index contributed by atoms with van der Waals surface area (Å²) in [6, 6.07) is 3.92. The Morgan fingerprint density at radius 3 is 2.60 bits per heavy atom. The van der Waals surface area contributed by atoms with Crippen LogP contribution < -0.4 is 11.4 Å². The fourth-order valence-electron chi connectivity index (χ4n) is 7.70. The number of benzene rings is 1. The SMILES string of the molecule is NC(=O)C12CC3CC(C1)C(OC(=O)N1CC[C@H](n4c(=O)n(CCO)c5cc(F)ccc54)C1)C(C3)C2. The van der Waals surface area contributed by atoms with Crippen LogP contribution in [-0.2, 0) is 16.1 Å². The van der Waals surface area contributed by atoms with E-state index in [1.807, 2.05) is 0 Å². The summed E-state index contributed by atoms with van der Waals surface area (Å²) in [4.78, 5) is 40.1. The van der Waals surface area contributed by atoms with Crippen molar-refractivity contribution in [3.63, 3.8) is 0 Å². The summed E-state index contributed by atoms with van der Waals surface area (Å²) in [5.74, 6) is 0.163. The molecular weight excluding hydrogens is 455 g/mol. The number of nitrogens with zero attached hydrogens (tertiary/aromatic N) is 3. The van der Waals surface area contributed by atoms with Crippen LogP contribution in [0.3, 0.4) is 0 Å². The molecule has 7 rings (SSSR count). The van der Waals surface area contributed by atoms with E-state index in [0.29, 0.717) is 49.3 Å². The summed E-state index contributed by atoms with van der Waals surface area (Å²) in [6.45, 7) is 0.618. The minimum atomic E-state index is -0.452. The van der Waals surface area contributed by atoms with E-state index in [0.717, 1.165) is 19.3 Å². The molecule has 3 N–H and O–H groups in total. The Bertz CT molecular complexity index is 1240. The number of aliphatic hydroxyl groups excluding tert-OH is 1. The highest BCUT2D eigenvalue weighted by Gasteiger charge is 2.59. The molecule has 10 heteroatoms. The largest absolute Gasteiger partial charge is 0.446 e. The maximum Gasteiger partial charge on any atom is 0.410 e. The van der Waals surface area contributed by atoms with Crippen molar-refractivity contribution in [1.82, 2.24) is 14.0 Å². The Morgan fingerprint density at radius 2 is 1.91 bits per heavy atom. The standard InChI is InChI=1S/C25H31FN4O5/c26-17-1-2-19-20(9-17)29(5-6-31)23(33)30(19)18-3-4-28(13-18)24(34)35-21-15-7-14-8-16(21)12-25(10-14,11-15)22(27)32/h1-2,9,14-16,18,21,31H,3-8,10-13H2,(H2,27,32)/t14?,15?,16?,18-,21?,25?/m0/s1. The number of carbonyl (C=O) groups is 2. The zero-order valence-electron chi connectivity index (χ0n) is 19.6. The number of aromatic nitrogens is 2. The predicted octanol–water partition coefficient (Wildman–Crippen LogP) is 2.00. The summed E-state index contributed by atoms with van der Waals surface area (Å²) in [7, 11) is 0. The number of halogens is 1. The quantitative estimate of drug-likeness (QED) is 0.670. The molecule has 0 spiro atoms. The van der Waals surface area contributed by atoms with Gasteiger partial charge in [0.1, 0.15) is 11.9 Å². The number of hydrogen-bond acceptors (Lipinski definition) is 5. The lowest BCUT2D eigenvalue weighted by molar-refractivity contribution is -0.161. The molecule has 5 fully saturated rings. The Labute approximate surface area is 201 Å². The van der Waals surface area contributed by atoms with E-state index in [1.54, 1.807) is 15.5 Å². The van der Waals surface area contributed by atoms with Crippen LogP contribution in [0.1, 0.15) is 44.6 Å². The number of primary amides is 1. The molecule has 35 heavy (non-hydrogen) atoms. The van der Waals surface area contributed by atoms with E-state index in [1.165, 1.54) is 16.7 Å². The fourth-order valence-corrected chi connectivity index (χ4v) is 7.70. The first-order valence-corrected chi connectivity index (χ1v) is 12.6. The van der Waals surface area contributed by atoms with Gasteiger partial charge in [0.15, 0.2) is 0 Å². The van der Waals surface area contributed by atoms with Crippen molar-refractivity contribution in [2.45, 2.75) is 57.2 Å². The molecule has 4 saturated carbocycles. The number of ether oxygens (including phenoxy) is 1. The molecule has 1 aliphatic heterocycles. The number of hydrogen-bond donors (Lipinski definition) is 2. The lowest BCUT2D eigenvalue weighted by Gasteiger charge is -2.58. The summed E-state index contributed by atoms with van der Waals surface area (Å²) in [6.07, 6.45) is 4.23. The molecule has 1 saturated heterocycles. The average Bonchev–Trinajstić information content (AvgIpc) is 3.39. The van der Waals surface area contributed by atoms with Gasteiger partial charge in [0.2, 0.25) is 5.91 Å². The van der Waals surface area contributed by atoms with Gasteiger partial charge in [-0.05, 0) is 74.5 Å².